The average Bonchev–Trinajstić information content (AvgIpc) is 2.63. The Kier molecular flexibility index (Phi) is 5.20. The summed E-state index contributed by atoms with van der Waals surface area (Å²) in [7, 11) is 0. The fourth-order valence-corrected chi connectivity index (χ4v) is 3.18. The van der Waals surface area contributed by atoms with Crippen molar-refractivity contribution in [3.63, 3.8) is 0 Å². The van der Waals surface area contributed by atoms with Crippen molar-refractivity contribution in [1.29, 1.82) is 0 Å². The van der Waals surface area contributed by atoms with Crippen molar-refractivity contribution < 1.29 is 22.7 Å². The Morgan fingerprint density at radius 2 is 1.58 bits per heavy atom. The van der Waals surface area contributed by atoms with E-state index in [2.05, 4.69) is 0 Å². The molecule has 3 rings (SSSR count). The zero-order chi connectivity index (χ0) is 18.8. The molecule has 1 saturated heterocycles. The fourth-order valence-electron chi connectivity index (χ4n) is 3.18. The molecule has 0 unspecified atom stereocenters. The SMILES string of the molecule is CC(=O)c1c(F)c(F)c(Oc2ccc(C)cc2)c(F)c1N1CCCCC1. The lowest BCUT2D eigenvalue weighted by atomic mass is 10.0. The minimum absolute atomic E-state index is 0.188. The first-order valence-electron chi connectivity index (χ1n) is 8.61. The van der Waals surface area contributed by atoms with E-state index in [9.17, 15) is 13.6 Å². The standard InChI is InChI=1S/C20H20F3NO2/c1-12-6-8-14(9-7-12)26-20-17(22)16(21)15(13(2)25)19(18(20)23)24-10-4-3-5-11-24/h6-9H,3-5,10-11H2,1-2H3. The van der Waals surface area contributed by atoms with Crippen LogP contribution in [0.1, 0.15) is 42.1 Å². The van der Waals surface area contributed by atoms with E-state index in [1.54, 1.807) is 29.2 Å². The van der Waals surface area contributed by atoms with Gasteiger partial charge < -0.3 is 9.64 Å². The van der Waals surface area contributed by atoms with E-state index in [0.29, 0.717) is 13.1 Å². The van der Waals surface area contributed by atoms with Crippen LogP contribution in [0.3, 0.4) is 0 Å². The summed E-state index contributed by atoms with van der Waals surface area (Å²) in [4.78, 5) is 13.5. The molecule has 1 fully saturated rings. The number of carbonyl (C=O) groups excluding carboxylic acids is 1. The number of benzene rings is 2. The number of ketones is 1. The predicted molar refractivity (Wildman–Crippen MR) is 93.6 cm³/mol. The van der Waals surface area contributed by atoms with Crippen LogP contribution in [0, 0.1) is 24.4 Å². The molecule has 0 aliphatic carbocycles. The van der Waals surface area contributed by atoms with Crippen molar-refractivity contribution in [2.45, 2.75) is 33.1 Å². The van der Waals surface area contributed by atoms with Gasteiger partial charge >= 0.3 is 0 Å². The Morgan fingerprint density at radius 3 is 2.15 bits per heavy atom. The highest BCUT2D eigenvalue weighted by Gasteiger charge is 2.32. The van der Waals surface area contributed by atoms with E-state index < -0.39 is 34.5 Å². The Labute approximate surface area is 150 Å². The Balaban J connectivity index is 2.13. The summed E-state index contributed by atoms with van der Waals surface area (Å²) in [6.07, 6.45) is 2.57. The third-order valence-corrected chi connectivity index (χ3v) is 4.52. The van der Waals surface area contributed by atoms with Crippen molar-refractivity contribution >= 4 is 11.5 Å². The van der Waals surface area contributed by atoms with Gasteiger partial charge in [0.15, 0.2) is 17.4 Å². The van der Waals surface area contributed by atoms with E-state index >= 15 is 4.39 Å². The minimum atomic E-state index is -1.49. The highest BCUT2D eigenvalue weighted by atomic mass is 19.2. The molecule has 6 heteroatoms. The quantitative estimate of drug-likeness (QED) is 0.538. The number of rotatable bonds is 4. The molecule has 1 aliphatic rings. The van der Waals surface area contributed by atoms with Gasteiger partial charge in [-0.1, -0.05) is 17.7 Å². The number of carbonyl (C=O) groups is 1. The van der Waals surface area contributed by atoms with Crippen LogP contribution in [0.15, 0.2) is 24.3 Å². The smallest absolute Gasteiger partial charge is 0.205 e. The summed E-state index contributed by atoms with van der Waals surface area (Å²) >= 11 is 0. The third kappa shape index (κ3) is 3.41. The van der Waals surface area contributed by atoms with Crippen molar-refractivity contribution in [2.75, 3.05) is 18.0 Å². The monoisotopic (exact) mass is 363 g/mol. The summed E-state index contributed by atoms with van der Waals surface area (Å²) in [6.45, 7) is 3.92. The van der Waals surface area contributed by atoms with Crippen molar-refractivity contribution in [3.8, 4) is 11.5 Å². The first-order chi connectivity index (χ1) is 12.4. The minimum Gasteiger partial charge on any atom is -0.451 e. The second-order valence-electron chi connectivity index (χ2n) is 6.51. The summed E-state index contributed by atoms with van der Waals surface area (Å²) in [5.41, 5.74) is 0.182. The molecule has 0 bridgehead atoms. The van der Waals surface area contributed by atoms with Crippen molar-refractivity contribution in [2.24, 2.45) is 0 Å². The van der Waals surface area contributed by atoms with Crippen LogP contribution in [0.4, 0.5) is 18.9 Å². The zero-order valence-electron chi connectivity index (χ0n) is 14.7. The van der Waals surface area contributed by atoms with Gasteiger partial charge in [-0.2, -0.15) is 4.39 Å². The fraction of sp³-hybridized carbons (Fsp3) is 0.350. The maximum Gasteiger partial charge on any atom is 0.205 e. The topological polar surface area (TPSA) is 29.5 Å². The van der Waals surface area contributed by atoms with E-state index in [1.165, 1.54) is 0 Å². The third-order valence-electron chi connectivity index (χ3n) is 4.52. The number of ether oxygens (including phenoxy) is 1. The summed E-state index contributed by atoms with van der Waals surface area (Å²) < 4.78 is 49.6. The molecule has 3 nitrogen and oxygen atoms in total. The number of nitrogens with zero attached hydrogens (tertiary/aromatic N) is 1. The molecule has 0 atom stereocenters. The number of hydrogen-bond acceptors (Lipinski definition) is 3. The van der Waals surface area contributed by atoms with Gasteiger partial charge in [-0.3, -0.25) is 4.79 Å². The van der Waals surface area contributed by atoms with E-state index in [-0.39, 0.29) is 11.4 Å². The summed E-state index contributed by atoms with van der Waals surface area (Å²) in [5.74, 6) is -5.26. The Bertz CT molecular complexity index is 828. The highest BCUT2D eigenvalue weighted by Crippen LogP contribution is 2.40. The molecular formula is C20H20F3NO2. The molecule has 0 N–H and O–H groups in total. The molecule has 0 spiro atoms. The van der Waals surface area contributed by atoms with Crippen molar-refractivity contribution in [3.05, 3.63) is 52.8 Å². The zero-order valence-corrected chi connectivity index (χ0v) is 14.7. The van der Waals surface area contributed by atoms with Gasteiger partial charge in [0, 0.05) is 13.1 Å². The molecule has 2 aromatic carbocycles. The molecule has 1 aliphatic heterocycles. The van der Waals surface area contributed by atoms with Crippen LogP contribution in [-0.4, -0.2) is 18.9 Å². The summed E-state index contributed by atoms with van der Waals surface area (Å²) in [6, 6.07) is 6.53. The predicted octanol–water partition coefficient (Wildman–Crippen LogP) is 5.40. The first-order valence-corrected chi connectivity index (χ1v) is 8.61. The van der Waals surface area contributed by atoms with Crippen LogP contribution in [-0.2, 0) is 0 Å². The van der Waals surface area contributed by atoms with Gasteiger partial charge in [-0.05, 0) is 45.2 Å². The molecule has 0 radical (unpaired) electrons. The second-order valence-corrected chi connectivity index (χ2v) is 6.51. The van der Waals surface area contributed by atoms with Gasteiger partial charge in [-0.15, -0.1) is 0 Å². The summed E-state index contributed by atoms with van der Waals surface area (Å²) in [5, 5.41) is 0. The first kappa shape index (κ1) is 18.3. The Hall–Kier alpha value is -2.50. The lowest BCUT2D eigenvalue weighted by Gasteiger charge is -2.31. The second kappa shape index (κ2) is 7.40. The molecule has 0 amide bonds. The molecule has 0 aromatic heterocycles. The normalized spacial score (nSPS) is 14.4. The van der Waals surface area contributed by atoms with E-state index in [4.69, 9.17) is 4.74 Å². The maximum atomic E-state index is 15.2. The Morgan fingerprint density at radius 1 is 0.962 bits per heavy atom. The van der Waals surface area contributed by atoms with Crippen LogP contribution >= 0.6 is 0 Å². The number of hydrogen-bond donors (Lipinski definition) is 0. The van der Waals surface area contributed by atoms with Crippen molar-refractivity contribution in [1.82, 2.24) is 0 Å². The van der Waals surface area contributed by atoms with Gasteiger partial charge in [0.25, 0.3) is 0 Å². The van der Waals surface area contributed by atoms with Crippen LogP contribution in [0.25, 0.3) is 0 Å². The van der Waals surface area contributed by atoms with E-state index in [0.717, 1.165) is 31.7 Å². The van der Waals surface area contributed by atoms with Crippen LogP contribution in [0.2, 0.25) is 0 Å². The van der Waals surface area contributed by atoms with Crippen LogP contribution < -0.4 is 9.64 Å². The van der Waals surface area contributed by atoms with Crippen LogP contribution in [0.5, 0.6) is 11.5 Å². The average molecular weight is 363 g/mol. The maximum absolute atomic E-state index is 15.2. The molecule has 0 saturated carbocycles. The molecular weight excluding hydrogens is 343 g/mol. The van der Waals surface area contributed by atoms with Gasteiger partial charge in [0.2, 0.25) is 11.6 Å². The molecule has 2 aromatic rings. The number of halogens is 3. The lowest BCUT2D eigenvalue weighted by Crippen LogP contribution is -2.32. The largest absolute Gasteiger partial charge is 0.451 e. The molecule has 26 heavy (non-hydrogen) atoms. The lowest BCUT2D eigenvalue weighted by molar-refractivity contribution is 0.101. The van der Waals surface area contributed by atoms with Gasteiger partial charge in [0.05, 0.1) is 11.3 Å². The molecule has 1 heterocycles. The number of aryl methyl sites for hydroxylation is 1. The number of piperidine rings is 1. The number of Topliss-reactive ketones (excluding diaryl/α,β-unsaturated/α-hetero) is 1. The van der Waals surface area contributed by atoms with Gasteiger partial charge in [-0.25, -0.2) is 8.78 Å². The number of anilines is 1. The molecule has 138 valence electrons. The van der Waals surface area contributed by atoms with Gasteiger partial charge in [0.1, 0.15) is 5.75 Å². The highest BCUT2D eigenvalue weighted by molar-refractivity contribution is 6.00. The van der Waals surface area contributed by atoms with E-state index in [1.807, 2.05) is 6.92 Å².